The van der Waals surface area contributed by atoms with Gasteiger partial charge in [0.05, 0.1) is 25.0 Å². The van der Waals surface area contributed by atoms with Crippen molar-refractivity contribution in [1.29, 1.82) is 0 Å². The molecule has 0 spiro atoms. The lowest BCUT2D eigenvalue weighted by Gasteiger charge is -2.24. The SMILES string of the molecule is COc1ccc2cnc(C3CCC3)n2c1. The summed E-state index contributed by atoms with van der Waals surface area (Å²) in [5.41, 5.74) is 1.15. The van der Waals surface area contributed by atoms with Crippen molar-refractivity contribution in [1.82, 2.24) is 9.38 Å². The molecule has 0 aliphatic heterocycles. The Kier molecular flexibility index (Phi) is 1.91. The van der Waals surface area contributed by atoms with E-state index < -0.39 is 0 Å². The third-order valence-corrected chi connectivity index (χ3v) is 3.23. The fourth-order valence-electron chi connectivity index (χ4n) is 2.08. The lowest BCUT2D eigenvalue weighted by Crippen LogP contribution is -2.12. The Balaban J connectivity index is 2.13. The van der Waals surface area contributed by atoms with Crippen LogP contribution in [0.3, 0.4) is 0 Å². The first-order chi connectivity index (χ1) is 7.38. The molecule has 0 saturated heterocycles. The number of hydrogen-bond donors (Lipinski definition) is 0. The minimum Gasteiger partial charge on any atom is -0.495 e. The molecular weight excluding hydrogens is 188 g/mol. The van der Waals surface area contributed by atoms with Crippen LogP contribution in [0.4, 0.5) is 0 Å². The number of aromatic nitrogens is 2. The first kappa shape index (κ1) is 8.77. The van der Waals surface area contributed by atoms with Crippen molar-refractivity contribution < 1.29 is 4.74 Å². The summed E-state index contributed by atoms with van der Waals surface area (Å²) in [6.07, 6.45) is 7.85. The Hall–Kier alpha value is -1.51. The van der Waals surface area contributed by atoms with E-state index in [9.17, 15) is 0 Å². The third-order valence-electron chi connectivity index (χ3n) is 3.23. The molecule has 78 valence electrons. The topological polar surface area (TPSA) is 26.5 Å². The monoisotopic (exact) mass is 202 g/mol. The van der Waals surface area contributed by atoms with Gasteiger partial charge in [-0.05, 0) is 25.0 Å². The summed E-state index contributed by atoms with van der Waals surface area (Å²) in [5.74, 6) is 2.73. The Morgan fingerprint density at radius 3 is 2.93 bits per heavy atom. The number of ether oxygens (including phenoxy) is 1. The predicted octanol–water partition coefficient (Wildman–Crippen LogP) is 2.61. The minimum atomic E-state index is 0.652. The molecule has 2 aromatic heterocycles. The molecule has 3 rings (SSSR count). The predicted molar refractivity (Wildman–Crippen MR) is 58.3 cm³/mol. The van der Waals surface area contributed by atoms with Crippen LogP contribution in [0.25, 0.3) is 5.52 Å². The quantitative estimate of drug-likeness (QED) is 0.748. The molecule has 0 N–H and O–H groups in total. The number of rotatable bonds is 2. The van der Waals surface area contributed by atoms with Crippen LogP contribution in [0.2, 0.25) is 0 Å². The van der Waals surface area contributed by atoms with Crippen LogP contribution >= 0.6 is 0 Å². The first-order valence-corrected chi connectivity index (χ1v) is 5.39. The highest BCUT2D eigenvalue weighted by Gasteiger charge is 2.23. The second-order valence-corrected chi connectivity index (χ2v) is 4.11. The average Bonchev–Trinajstić information content (AvgIpc) is 2.59. The van der Waals surface area contributed by atoms with Crippen molar-refractivity contribution in [2.24, 2.45) is 0 Å². The van der Waals surface area contributed by atoms with E-state index in [1.165, 1.54) is 25.1 Å². The van der Waals surface area contributed by atoms with E-state index in [1.54, 1.807) is 7.11 Å². The van der Waals surface area contributed by atoms with Gasteiger partial charge in [-0.15, -0.1) is 0 Å². The van der Waals surface area contributed by atoms with Crippen LogP contribution in [0.1, 0.15) is 31.0 Å². The zero-order valence-electron chi connectivity index (χ0n) is 8.81. The molecule has 0 amide bonds. The van der Waals surface area contributed by atoms with E-state index in [0.29, 0.717) is 5.92 Å². The normalized spacial score (nSPS) is 16.6. The highest BCUT2D eigenvalue weighted by atomic mass is 16.5. The summed E-state index contributed by atoms with van der Waals surface area (Å²) >= 11 is 0. The lowest BCUT2D eigenvalue weighted by molar-refractivity contribution is 0.395. The molecule has 1 saturated carbocycles. The Morgan fingerprint density at radius 2 is 2.27 bits per heavy atom. The number of imidazole rings is 1. The van der Waals surface area contributed by atoms with E-state index in [1.807, 2.05) is 24.5 Å². The molecule has 1 fully saturated rings. The van der Waals surface area contributed by atoms with E-state index in [4.69, 9.17) is 4.74 Å². The number of pyridine rings is 1. The third kappa shape index (κ3) is 1.30. The van der Waals surface area contributed by atoms with Crippen molar-refractivity contribution in [2.75, 3.05) is 7.11 Å². The first-order valence-electron chi connectivity index (χ1n) is 5.39. The molecule has 3 heteroatoms. The summed E-state index contributed by atoms with van der Waals surface area (Å²) in [6, 6.07) is 4.02. The maximum Gasteiger partial charge on any atom is 0.135 e. The van der Waals surface area contributed by atoms with Gasteiger partial charge in [0.15, 0.2) is 0 Å². The van der Waals surface area contributed by atoms with Gasteiger partial charge in [-0.3, -0.25) is 4.40 Å². The minimum absolute atomic E-state index is 0.652. The summed E-state index contributed by atoms with van der Waals surface area (Å²) < 4.78 is 7.38. The molecular formula is C12H14N2O. The number of methoxy groups -OCH3 is 1. The maximum absolute atomic E-state index is 5.23. The van der Waals surface area contributed by atoms with Crippen LogP contribution in [0.15, 0.2) is 24.5 Å². The largest absolute Gasteiger partial charge is 0.495 e. The van der Waals surface area contributed by atoms with Gasteiger partial charge in [-0.25, -0.2) is 4.98 Å². The Labute approximate surface area is 88.7 Å². The smallest absolute Gasteiger partial charge is 0.135 e. The molecule has 0 radical (unpaired) electrons. The van der Waals surface area contributed by atoms with E-state index in [2.05, 4.69) is 9.38 Å². The standard InChI is InChI=1S/C12H14N2O/c1-15-11-6-5-10-7-13-12(14(10)8-11)9-3-2-4-9/h5-9H,2-4H2,1H3. The molecule has 2 heterocycles. The van der Waals surface area contributed by atoms with E-state index in [0.717, 1.165) is 11.3 Å². The van der Waals surface area contributed by atoms with Gasteiger partial charge in [-0.1, -0.05) is 6.42 Å². The van der Waals surface area contributed by atoms with Crippen molar-refractivity contribution >= 4 is 5.52 Å². The van der Waals surface area contributed by atoms with Crippen LogP contribution < -0.4 is 4.74 Å². The molecule has 1 aliphatic rings. The van der Waals surface area contributed by atoms with E-state index >= 15 is 0 Å². The van der Waals surface area contributed by atoms with Crippen molar-refractivity contribution in [3.63, 3.8) is 0 Å². The highest BCUT2D eigenvalue weighted by molar-refractivity contribution is 5.48. The summed E-state index contributed by atoms with van der Waals surface area (Å²) in [5, 5.41) is 0. The summed E-state index contributed by atoms with van der Waals surface area (Å²) in [7, 11) is 1.70. The fourth-order valence-corrected chi connectivity index (χ4v) is 2.08. The molecule has 3 nitrogen and oxygen atoms in total. The number of hydrogen-bond acceptors (Lipinski definition) is 2. The molecule has 0 atom stereocenters. The summed E-state index contributed by atoms with van der Waals surface area (Å²) in [6.45, 7) is 0. The zero-order chi connectivity index (χ0) is 10.3. The molecule has 1 aliphatic carbocycles. The number of fused-ring (bicyclic) bond motifs is 1. The van der Waals surface area contributed by atoms with Gasteiger partial charge in [0.1, 0.15) is 11.6 Å². The van der Waals surface area contributed by atoms with Gasteiger partial charge >= 0.3 is 0 Å². The lowest BCUT2D eigenvalue weighted by atomic mass is 9.85. The van der Waals surface area contributed by atoms with Gasteiger partial charge in [0, 0.05) is 5.92 Å². The molecule has 0 aromatic carbocycles. The molecule has 15 heavy (non-hydrogen) atoms. The van der Waals surface area contributed by atoms with Gasteiger partial charge in [0.25, 0.3) is 0 Å². The maximum atomic E-state index is 5.23. The summed E-state index contributed by atoms with van der Waals surface area (Å²) in [4.78, 5) is 4.50. The van der Waals surface area contributed by atoms with Crippen molar-refractivity contribution in [2.45, 2.75) is 25.2 Å². The fraction of sp³-hybridized carbons (Fsp3) is 0.417. The van der Waals surface area contributed by atoms with Crippen LogP contribution in [-0.2, 0) is 0 Å². The highest BCUT2D eigenvalue weighted by Crippen LogP contribution is 2.36. The van der Waals surface area contributed by atoms with Gasteiger partial charge < -0.3 is 4.74 Å². The average molecular weight is 202 g/mol. The van der Waals surface area contributed by atoms with Gasteiger partial charge in [0.2, 0.25) is 0 Å². The Morgan fingerprint density at radius 1 is 1.40 bits per heavy atom. The molecule has 0 bridgehead atoms. The number of nitrogens with zero attached hydrogens (tertiary/aromatic N) is 2. The second kappa shape index (κ2) is 3.26. The molecule has 0 unspecified atom stereocenters. The van der Waals surface area contributed by atoms with Crippen LogP contribution in [0, 0.1) is 0 Å². The van der Waals surface area contributed by atoms with Crippen molar-refractivity contribution in [3.05, 3.63) is 30.4 Å². The Bertz CT molecular complexity index is 485. The van der Waals surface area contributed by atoms with Crippen molar-refractivity contribution in [3.8, 4) is 5.75 Å². The molecule has 2 aromatic rings. The van der Waals surface area contributed by atoms with Crippen LogP contribution in [-0.4, -0.2) is 16.5 Å². The zero-order valence-corrected chi connectivity index (χ0v) is 8.81. The van der Waals surface area contributed by atoms with Crippen LogP contribution in [0.5, 0.6) is 5.75 Å². The van der Waals surface area contributed by atoms with E-state index in [-0.39, 0.29) is 0 Å². The second-order valence-electron chi connectivity index (χ2n) is 4.11. The van der Waals surface area contributed by atoms with Gasteiger partial charge in [-0.2, -0.15) is 0 Å².